The summed E-state index contributed by atoms with van der Waals surface area (Å²) in [5, 5.41) is 3.50. The molecule has 0 radical (unpaired) electrons. The van der Waals surface area contributed by atoms with Crippen molar-refractivity contribution in [3.05, 3.63) is 0 Å². The summed E-state index contributed by atoms with van der Waals surface area (Å²) < 4.78 is 11.0. The van der Waals surface area contributed by atoms with E-state index in [1.165, 1.54) is 12.8 Å². The Morgan fingerprint density at radius 3 is 1.81 bits per heavy atom. The molecule has 0 spiro atoms. The number of ether oxygens (including phenoxy) is 2. The minimum Gasteiger partial charge on any atom is -0.352 e. The molecule has 16 heavy (non-hydrogen) atoms. The van der Waals surface area contributed by atoms with Crippen molar-refractivity contribution in [3.63, 3.8) is 0 Å². The first-order chi connectivity index (χ1) is 7.69. The Bertz CT molecular complexity index is 141. The smallest absolute Gasteiger partial charge is 0.169 e. The van der Waals surface area contributed by atoms with Gasteiger partial charge in [0.25, 0.3) is 0 Å². The molecule has 0 aromatic heterocycles. The van der Waals surface area contributed by atoms with Crippen LogP contribution in [0.2, 0.25) is 0 Å². The number of hydrogen-bond acceptors (Lipinski definition) is 3. The third-order valence-electron chi connectivity index (χ3n) is 3.07. The Morgan fingerprint density at radius 1 is 0.938 bits per heavy atom. The van der Waals surface area contributed by atoms with Crippen molar-refractivity contribution in [2.24, 2.45) is 5.92 Å². The van der Waals surface area contributed by atoms with Crippen molar-refractivity contribution in [1.82, 2.24) is 5.32 Å². The summed E-state index contributed by atoms with van der Waals surface area (Å²) in [4.78, 5) is 0. The van der Waals surface area contributed by atoms with E-state index in [2.05, 4.69) is 26.1 Å². The molecule has 1 unspecified atom stereocenters. The molecule has 0 aliphatic heterocycles. The van der Waals surface area contributed by atoms with E-state index in [4.69, 9.17) is 9.47 Å². The molecule has 3 nitrogen and oxygen atoms in total. The molecule has 0 aliphatic carbocycles. The van der Waals surface area contributed by atoms with Gasteiger partial charge in [-0.25, -0.2) is 0 Å². The van der Waals surface area contributed by atoms with Crippen LogP contribution in [-0.2, 0) is 9.47 Å². The lowest BCUT2D eigenvalue weighted by Crippen LogP contribution is -2.40. The molecule has 0 aromatic rings. The first-order valence-corrected chi connectivity index (χ1v) is 6.65. The van der Waals surface area contributed by atoms with E-state index in [-0.39, 0.29) is 6.29 Å². The molecule has 0 saturated heterocycles. The fourth-order valence-corrected chi connectivity index (χ4v) is 1.98. The summed E-state index contributed by atoms with van der Waals surface area (Å²) >= 11 is 0. The SMILES string of the molecule is CCOC(CNC(C)C(CC)CC)OCC. The Kier molecular flexibility index (Phi) is 9.99. The zero-order valence-corrected chi connectivity index (χ0v) is 11.6. The molecule has 1 N–H and O–H groups in total. The topological polar surface area (TPSA) is 30.5 Å². The number of nitrogens with one attached hydrogen (secondary N) is 1. The van der Waals surface area contributed by atoms with Gasteiger partial charge >= 0.3 is 0 Å². The predicted octanol–water partition coefficient (Wildman–Crippen LogP) is 2.80. The van der Waals surface area contributed by atoms with Gasteiger partial charge < -0.3 is 14.8 Å². The van der Waals surface area contributed by atoms with Crippen molar-refractivity contribution >= 4 is 0 Å². The van der Waals surface area contributed by atoms with Crippen LogP contribution in [0.3, 0.4) is 0 Å². The van der Waals surface area contributed by atoms with Crippen LogP contribution in [0, 0.1) is 5.92 Å². The highest BCUT2D eigenvalue weighted by molar-refractivity contribution is 4.70. The number of hydrogen-bond donors (Lipinski definition) is 1. The van der Waals surface area contributed by atoms with Gasteiger partial charge in [0, 0.05) is 25.8 Å². The van der Waals surface area contributed by atoms with Crippen LogP contribution in [0.4, 0.5) is 0 Å². The van der Waals surface area contributed by atoms with Gasteiger partial charge in [-0.3, -0.25) is 0 Å². The van der Waals surface area contributed by atoms with Crippen LogP contribution >= 0.6 is 0 Å². The van der Waals surface area contributed by atoms with Gasteiger partial charge in [0.05, 0.1) is 0 Å². The van der Waals surface area contributed by atoms with Crippen molar-refractivity contribution in [2.75, 3.05) is 19.8 Å². The summed E-state index contributed by atoms with van der Waals surface area (Å²) in [6.45, 7) is 12.9. The molecule has 98 valence electrons. The molecule has 1 atom stereocenters. The molecule has 0 aliphatic rings. The molecule has 0 rings (SSSR count). The fourth-order valence-electron chi connectivity index (χ4n) is 1.98. The monoisotopic (exact) mass is 231 g/mol. The Hall–Kier alpha value is -0.120. The first kappa shape index (κ1) is 15.9. The highest BCUT2D eigenvalue weighted by Crippen LogP contribution is 2.12. The van der Waals surface area contributed by atoms with Crippen LogP contribution in [0.15, 0.2) is 0 Å². The third-order valence-corrected chi connectivity index (χ3v) is 3.07. The fraction of sp³-hybridized carbons (Fsp3) is 1.00. The maximum atomic E-state index is 5.50. The molecular weight excluding hydrogens is 202 g/mol. The zero-order chi connectivity index (χ0) is 12.4. The van der Waals surface area contributed by atoms with E-state index >= 15 is 0 Å². The van der Waals surface area contributed by atoms with Crippen LogP contribution in [-0.4, -0.2) is 32.1 Å². The van der Waals surface area contributed by atoms with E-state index in [0.29, 0.717) is 19.3 Å². The molecule has 0 bridgehead atoms. The van der Waals surface area contributed by atoms with Crippen LogP contribution in [0.5, 0.6) is 0 Å². The summed E-state index contributed by atoms with van der Waals surface area (Å²) in [5.41, 5.74) is 0. The molecule has 0 fully saturated rings. The van der Waals surface area contributed by atoms with Crippen LogP contribution in [0.25, 0.3) is 0 Å². The zero-order valence-electron chi connectivity index (χ0n) is 11.6. The van der Waals surface area contributed by atoms with Crippen molar-refractivity contribution in [3.8, 4) is 0 Å². The quantitative estimate of drug-likeness (QED) is 0.586. The largest absolute Gasteiger partial charge is 0.352 e. The van der Waals surface area contributed by atoms with Gasteiger partial charge in [-0.15, -0.1) is 0 Å². The molecule has 0 amide bonds. The lowest BCUT2D eigenvalue weighted by Gasteiger charge is -2.25. The summed E-state index contributed by atoms with van der Waals surface area (Å²) in [6.07, 6.45) is 2.34. The Labute approximate surface area is 101 Å². The predicted molar refractivity (Wildman–Crippen MR) is 68.6 cm³/mol. The average molecular weight is 231 g/mol. The van der Waals surface area contributed by atoms with Gasteiger partial charge in [-0.2, -0.15) is 0 Å². The van der Waals surface area contributed by atoms with E-state index in [1.807, 2.05) is 13.8 Å². The standard InChI is InChI=1S/C13H29NO2/c1-6-12(7-2)11(5)14-10-13(15-8-3)16-9-4/h11-14H,6-10H2,1-5H3. The van der Waals surface area contributed by atoms with E-state index in [0.717, 1.165) is 12.5 Å². The van der Waals surface area contributed by atoms with E-state index in [9.17, 15) is 0 Å². The highest BCUT2D eigenvalue weighted by Gasteiger charge is 2.15. The Morgan fingerprint density at radius 2 is 1.44 bits per heavy atom. The first-order valence-electron chi connectivity index (χ1n) is 6.65. The second kappa shape index (κ2) is 10.1. The summed E-state index contributed by atoms with van der Waals surface area (Å²) in [7, 11) is 0. The van der Waals surface area contributed by atoms with Crippen LogP contribution < -0.4 is 5.32 Å². The molecule has 3 heteroatoms. The second-order valence-corrected chi connectivity index (χ2v) is 4.11. The van der Waals surface area contributed by atoms with Crippen molar-refractivity contribution < 1.29 is 9.47 Å². The van der Waals surface area contributed by atoms with E-state index < -0.39 is 0 Å². The molecule has 0 heterocycles. The van der Waals surface area contributed by atoms with Crippen molar-refractivity contribution in [1.29, 1.82) is 0 Å². The third kappa shape index (κ3) is 6.46. The lowest BCUT2D eigenvalue weighted by atomic mass is 9.95. The minimum atomic E-state index is -0.105. The minimum absolute atomic E-state index is 0.105. The number of rotatable bonds is 10. The maximum absolute atomic E-state index is 5.50. The molecule has 0 saturated carbocycles. The maximum Gasteiger partial charge on any atom is 0.169 e. The second-order valence-electron chi connectivity index (χ2n) is 4.11. The van der Waals surface area contributed by atoms with Gasteiger partial charge in [-0.1, -0.05) is 26.7 Å². The van der Waals surface area contributed by atoms with E-state index in [1.54, 1.807) is 0 Å². The highest BCUT2D eigenvalue weighted by atomic mass is 16.7. The lowest BCUT2D eigenvalue weighted by molar-refractivity contribution is -0.134. The summed E-state index contributed by atoms with van der Waals surface area (Å²) in [5.74, 6) is 0.740. The Balaban J connectivity index is 3.88. The van der Waals surface area contributed by atoms with Gasteiger partial charge in [0.1, 0.15) is 0 Å². The normalized spacial score (nSPS) is 13.7. The molecule has 0 aromatic carbocycles. The molecular formula is C13H29NO2. The van der Waals surface area contributed by atoms with Crippen molar-refractivity contribution in [2.45, 2.75) is 59.8 Å². The van der Waals surface area contributed by atoms with Gasteiger partial charge in [0.2, 0.25) is 0 Å². The van der Waals surface area contributed by atoms with Gasteiger partial charge in [0.15, 0.2) is 6.29 Å². The van der Waals surface area contributed by atoms with Gasteiger partial charge in [-0.05, 0) is 26.7 Å². The average Bonchev–Trinajstić information content (AvgIpc) is 2.28. The summed E-state index contributed by atoms with van der Waals surface area (Å²) in [6, 6.07) is 0.526. The van der Waals surface area contributed by atoms with Crippen LogP contribution in [0.1, 0.15) is 47.5 Å².